The molecule has 0 aliphatic carbocycles. The van der Waals surface area contributed by atoms with Gasteiger partial charge in [-0.2, -0.15) is 0 Å². The highest BCUT2D eigenvalue weighted by Gasteiger charge is 2.37. The Hall–Kier alpha value is -1.24. The molecule has 1 aliphatic rings. The highest BCUT2D eigenvalue weighted by molar-refractivity contribution is 5.33. The second-order valence-electron chi connectivity index (χ2n) is 4.29. The molecule has 6 heteroatoms. The minimum absolute atomic E-state index is 0.00676. The first-order valence-electron chi connectivity index (χ1n) is 5.53. The second kappa shape index (κ2) is 4.79. The highest BCUT2D eigenvalue weighted by Crippen LogP contribution is 2.34. The first-order chi connectivity index (χ1) is 8.46. The number of hydrogen-bond acceptors (Lipinski definition) is 4. The summed E-state index contributed by atoms with van der Waals surface area (Å²) >= 11 is 0. The molecular weight excluding hydrogens is 244 g/mol. The third-order valence-corrected chi connectivity index (χ3v) is 2.88. The topological polar surface area (TPSA) is 53.7 Å². The van der Waals surface area contributed by atoms with Gasteiger partial charge in [0.15, 0.2) is 17.4 Å². The third-order valence-electron chi connectivity index (χ3n) is 2.88. The smallest absolute Gasteiger partial charge is 0.194 e. The van der Waals surface area contributed by atoms with Crippen molar-refractivity contribution in [3.05, 3.63) is 29.3 Å². The Bertz CT molecular complexity index is 445. The van der Waals surface area contributed by atoms with Crippen LogP contribution in [-0.4, -0.2) is 26.4 Å². The fourth-order valence-corrected chi connectivity index (χ4v) is 1.81. The molecule has 0 aromatic heterocycles. The van der Waals surface area contributed by atoms with Gasteiger partial charge in [-0.25, -0.2) is 8.78 Å². The molecule has 0 amide bonds. The number of nitrogens with two attached hydrogens (primary N) is 1. The zero-order valence-corrected chi connectivity index (χ0v) is 10.2. The average molecular weight is 259 g/mol. The fraction of sp³-hybridized carbons (Fsp3) is 0.500. The Morgan fingerprint density at radius 3 is 2.44 bits per heavy atom. The highest BCUT2D eigenvalue weighted by atomic mass is 19.1. The van der Waals surface area contributed by atoms with Gasteiger partial charge in [-0.05, 0) is 13.0 Å². The Morgan fingerprint density at radius 2 is 1.89 bits per heavy atom. The molecule has 1 saturated heterocycles. The van der Waals surface area contributed by atoms with Crippen molar-refractivity contribution in [3.63, 3.8) is 0 Å². The van der Waals surface area contributed by atoms with E-state index < -0.39 is 17.4 Å². The van der Waals surface area contributed by atoms with Crippen LogP contribution in [0.1, 0.15) is 12.5 Å². The van der Waals surface area contributed by atoms with Crippen LogP contribution in [0.5, 0.6) is 5.75 Å². The molecule has 18 heavy (non-hydrogen) atoms. The molecule has 0 bridgehead atoms. The lowest BCUT2D eigenvalue weighted by atomic mass is 10.0. The Morgan fingerprint density at radius 1 is 1.28 bits per heavy atom. The molecule has 0 spiro atoms. The van der Waals surface area contributed by atoms with Crippen LogP contribution < -0.4 is 10.5 Å². The molecule has 1 aromatic rings. The van der Waals surface area contributed by atoms with Crippen LogP contribution in [0.3, 0.4) is 0 Å². The summed E-state index contributed by atoms with van der Waals surface area (Å²) in [4.78, 5) is 0. The maximum atomic E-state index is 13.9. The van der Waals surface area contributed by atoms with Gasteiger partial charge in [-0.3, -0.25) is 0 Å². The number of rotatable bonds is 2. The van der Waals surface area contributed by atoms with Gasteiger partial charge in [0.2, 0.25) is 0 Å². The summed E-state index contributed by atoms with van der Waals surface area (Å²) in [5, 5.41) is 0. The lowest BCUT2D eigenvalue weighted by Gasteiger charge is -2.36. The molecule has 1 aliphatic heterocycles. The van der Waals surface area contributed by atoms with E-state index in [0.29, 0.717) is 0 Å². The van der Waals surface area contributed by atoms with Crippen LogP contribution in [0.25, 0.3) is 0 Å². The minimum Gasteiger partial charge on any atom is -0.494 e. The van der Waals surface area contributed by atoms with Crippen molar-refractivity contribution in [3.8, 4) is 5.75 Å². The van der Waals surface area contributed by atoms with Crippen LogP contribution in [0, 0.1) is 11.6 Å². The van der Waals surface area contributed by atoms with Crippen molar-refractivity contribution >= 4 is 0 Å². The number of halogens is 2. The molecule has 0 unspecified atom stereocenters. The first-order valence-corrected chi connectivity index (χ1v) is 5.53. The largest absolute Gasteiger partial charge is 0.494 e. The molecule has 100 valence electrons. The summed E-state index contributed by atoms with van der Waals surface area (Å²) in [5.74, 6) is -2.80. The maximum Gasteiger partial charge on any atom is 0.194 e. The predicted octanol–water partition coefficient (Wildman–Crippen LogP) is 1.52. The summed E-state index contributed by atoms with van der Waals surface area (Å²) in [6.45, 7) is 1.98. The lowest BCUT2D eigenvalue weighted by molar-refractivity contribution is -0.271. The van der Waals surface area contributed by atoms with Gasteiger partial charge in [-0.1, -0.05) is 0 Å². The molecule has 1 aromatic carbocycles. The maximum absolute atomic E-state index is 13.9. The van der Waals surface area contributed by atoms with Crippen molar-refractivity contribution in [2.75, 3.05) is 20.3 Å². The van der Waals surface area contributed by atoms with Crippen molar-refractivity contribution < 1.29 is 23.0 Å². The van der Waals surface area contributed by atoms with Crippen LogP contribution >= 0.6 is 0 Å². The summed E-state index contributed by atoms with van der Waals surface area (Å²) in [5.41, 5.74) is 5.60. The van der Waals surface area contributed by atoms with E-state index >= 15 is 0 Å². The number of hydrogen-bond donors (Lipinski definition) is 1. The summed E-state index contributed by atoms with van der Waals surface area (Å²) in [6.07, 6.45) is 0. The van der Waals surface area contributed by atoms with Gasteiger partial charge in [0.25, 0.3) is 0 Å². The molecule has 2 rings (SSSR count). The Balaban J connectivity index is 2.36. The lowest BCUT2D eigenvalue weighted by Crippen LogP contribution is -2.46. The summed E-state index contributed by atoms with van der Waals surface area (Å²) < 4.78 is 43.0. The zero-order chi connectivity index (χ0) is 13.3. The van der Waals surface area contributed by atoms with Crippen LogP contribution in [0.4, 0.5) is 8.78 Å². The van der Waals surface area contributed by atoms with Crippen molar-refractivity contribution in [2.24, 2.45) is 5.73 Å². The Labute approximate surface area is 104 Å². The van der Waals surface area contributed by atoms with Gasteiger partial charge >= 0.3 is 0 Å². The number of ether oxygens (including phenoxy) is 3. The quantitative estimate of drug-likeness (QED) is 0.875. The fourth-order valence-electron chi connectivity index (χ4n) is 1.81. The van der Waals surface area contributed by atoms with E-state index in [-0.39, 0.29) is 30.6 Å². The van der Waals surface area contributed by atoms with E-state index in [1.165, 1.54) is 14.0 Å². The third kappa shape index (κ3) is 2.31. The van der Waals surface area contributed by atoms with Crippen molar-refractivity contribution in [1.29, 1.82) is 0 Å². The molecule has 0 saturated carbocycles. The normalized spacial score (nSPS) is 28.2. The summed E-state index contributed by atoms with van der Waals surface area (Å²) in [6, 6.07) is 1.73. The van der Waals surface area contributed by atoms with E-state index in [1.807, 2.05) is 0 Å². The Kier molecular flexibility index (Phi) is 3.52. The van der Waals surface area contributed by atoms with Crippen molar-refractivity contribution in [1.82, 2.24) is 0 Å². The monoisotopic (exact) mass is 259 g/mol. The SMILES string of the molecule is COc1cc(F)c(C2(C)OCC(N)CO2)cc1F. The van der Waals surface area contributed by atoms with E-state index in [0.717, 1.165) is 12.1 Å². The van der Waals surface area contributed by atoms with Crippen LogP contribution in [0.15, 0.2) is 12.1 Å². The van der Waals surface area contributed by atoms with Gasteiger partial charge in [0, 0.05) is 11.6 Å². The molecular formula is C12H15F2NO3. The second-order valence-corrected chi connectivity index (χ2v) is 4.29. The summed E-state index contributed by atoms with van der Waals surface area (Å²) in [7, 11) is 1.27. The number of benzene rings is 1. The van der Waals surface area contributed by atoms with Gasteiger partial charge in [0.1, 0.15) is 5.82 Å². The van der Waals surface area contributed by atoms with E-state index in [1.54, 1.807) is 0 Å². The van der Waals surface area contributed by atoms with Gasteiger partial charge in [0.05, 0.1) is 26.4 Å². The first kappa shape index (κ1) is 13.2. The molecule has 2 N–H and O–H groups in total. The minimum atomic E-state index is -1.33. The predicted molar refractivity (Wildman–Crippen MR) is 60.1 cm³/mol. The zero-order valence-electron chi connectivity index (χ0n) is 10.2. The van der Waals surface area contributed by atoms with Crippen LogP contribution in [-0.2, 0) is 15.3 Å². The molecule has 0 atom stereocenters. The molecule has 1 fully saturated rings. The van der Waals surface area contributed by atoms with Crippen LogP contribution in [0.2, 0.25) is 0 Å². The van der Waals surface area contributed by atoms with Crippen molar-refractivity contribution in [2.45, 2.75) is 18.8 Å². The van der Waals surface area contributed by atoms with E-state index in [4.69, 9.17) is 19.9 Å². The molecule has 0 radical (unpaired) electrons. The van der Waals surface area contributed by atoms with Gasteiger partial charge in [-0.15, -0.1) is 0 Å². The van der Waals surface area contributed by atoms with Gasteiger partial charge < -0.3 is 19.9 Å². The molecule has 1 heterocycles. The number of methoxy groups -OCH3 is 1. The average Bonchev–Trinajstić information content (AvgIpc) is 2.35. The van der Waals surface area contributed by atoms with E-state index in [2.05, 4.69) is 0 Å². The van der Waals surface area contributed by atoms with E-state index in [9.17, 15) is 8.78 Å². The molecule has 4 nitrogen and oxygen atoms in total. The standard InChI is InChI=1S/C12H15F2NO3/c1-12(17-5-7(15)6-18-12)8-3-10(14)11(16-2)4-9(8)13/h3-4,7H,5-6,15H2,1-2H3.